The fraction of sp³-hybridized carbons (Fsp3) is 0.304. The average molecular weight is 390 g/mol. The van der Waals surface area contributed by atoms with Gasteiger partial charge in [-0.25, -0.2) is 9.97 Å². The summed E-state index contributed by atoms with van der Waals surface area (Å²) >= 11 is 0. The Balaban J connectivity index is 1.57. The lowest BCUT2D eigenvalue weighted by Gasteiger charge is -2.26. The molecule has 0 radical (unpaired) electrons. The number of benzene rings is 2. The van der Waals surface area contributed by atoms with Crippen LogP contribution < -0.4 is 16.0 Å². The third kappa shape index (κ3) is 5.03. The van der Waals surface area contributed by atoms with Crippen molar-refractivity contribution in [2.45, 2.75) is 32.0 Å². The fourth-order valence-electron chi connectivity index (χ4n) is 3.61. The Morgan fingerprint density at radius 3 is 2.21 bits per heavy atom. The molecule has 1 saturated heterocycles. The summed E-state index contributed by atoms with van der Waals surface area (Å²) in [5, 5.41) is 3.35. The predicted octanol–water partition coefficient (Wildman–Crippen LogP) is 3.86. The first-order valence-electron chi connectivity index (χ1n) is 10.1. The van der Waals surface area contributed by atoms with Crippen LogP contribution >= 0.6 is 0 Å². The van der Waals surface area contributed by atoms with Crippen molar-refractivity contribution in [3.05, 3.63) is 78.1 Å². The van der Waals surface area contributed by atoms with Gasteiger partial charge in [0.25, 0.3) is 0 Å². The number of rotatable bonds is 8. The standard InChI is InChI=1S/C23H27N5O/c24-21-22(25-14-20-12-7-13-29-20)26-17-27-23(21)28(15-18-8-3-1-4-9-18)16-19-10-5-2-6-11-19/h1-6,8-11,17,20H,7,12-16,24H2,(H,25,26,27). The quantitative estimate of drug-likeness (QED) is 0.609. The number of nitrogens with one attached hydrogen (secondary N) is 1. The highest BCUT2D eigenvalue weighted by Gasteiger charge is 2.19. The van der Waals surface area contributed by atoms with Crippen LogP contribution in [0.15, 0.2) is 67.0 Å². The highest BCUT2D eigenvalue weighted by atomic mass is 16.5. The van der Waals surface area contributed by atoms with Crippen LogP contribution in [0.4, 0.5) is 17.3 Å². The maximum Gasteiger partial charge on any atom is 0.158 e. The maximum atomic E-state index is 6.51. The largest absolute Gasteiger partial charge is 0.393 e. The topological polar surface area (TPSA) is 76.3 Å². The number of nitrogen functional groups attached to an aromatic ring is 1. The summed E-state index contributed by atoms with van der Waals surface area (Å²) in [4.78, 5) is 11.1. The summed E-state index contributed by atoms with van der Waals surface area (Å²) in [5.41, 5.74) is 9.48. The zero-order valence-corrected chi connectivity index (χ0v) is 16.5. The molecule has 0 bridgehead atoms. The molecule has 1 atom stereocenters. The highest BCUT2D eigenvalue weighted by molar-refractivity contribution is 5.75. The van der Waals surface area contributed by atoms with Gasteiger partial charge in [0, 0.05) is 26.2 Å². The summed E-state index contributed by atoms with van der Waals surface area (Å²) in [7, 11) is 0. The Kier molecular flexibility index (Phi) is 6.22. The van der Waals surface area contributed by atoms with E-state index >= 15 is 0 Å². The Morgan fingerprint density at radius 2 is 1.62 bits per heavy atom. The van der Waals surface area contributed by atoms with Crippen molar-refractivity contribution in [3.63, 3.8) is 0 Å². The van der Waals surface area contributed by atoms with Gasteiger partial charge in [-0.3, -0.25) is 0 Å². The monoisotopic (exact) mass is 389 g/mol. The van der Waals surface area contributed by atoms with E-state index in [0.717, 1.165) is 25.3 Å². The van der Waals surface area contributed by atoms with Crippen molar-refractivity contribution < 1.29 is 4.74 Å². The number of hydrogen-bond acceptors (Lipinski definition) is 6. The van der Waals surface area contributed by atoms with Gasteiger partial charge >= 0.3 is 0 Å². The lowest BCUT2D eigenvalue weighted by atomic mass is 10.1. The zero-order valence-electron chi connectivity index (χ0n) is 16.5. The lowest BCUT2D eigenvalue weighted by molar-refractivity contribution is 0.120. The first-order chi connectivity index (χ1) is 14.3. The third-order valence-corrected chi connectivity index (χ3v) is 5.12. The highest BCUT2D eigenvalue weighted by Crippen LogP contribution is 2.29. The van der Waals surface area contributed by atoms with Crippen molar-refractivity contribution in [1.29, 1.82) is 0 Å². The van der Waals surface area contributed by atoms with E-state index in [0.29, 0.717) is 31.1 Å². The fourth-order valence-corrected chi connectivity index (χ4v) is 3.61. The second-order valence-electron chi connectivity index (χ2n) is 7.30. The summed E-state index contributed by atoms with van der Waals surface area (Å²) in [6.07, 6.45) is 3.97. The first kappa shape index (κ1) is 19.2. The van der Waals surface area contributed by atoms with E-state index in [4.69, 9.17) is 10.5 Å². The Hall–Kier alpha value is -3.12. The molecule has 0 amide bonds. The molecule has 6 heteroatoms. The van der Waals surface area contributed by atoms with E-state index in [1.807, 2.05) is 36.4 Å². The smallest absolute Gasteiger partial charge is 0.158 e. The minimum Gasteiger partial charge on any atom is -0.393 e. The summed E-state index contributed by atoms with van der Waals surface area (Å²) < 4.78 is 5.69. The minimum atomic E-state index is 0.220. The molecule has 3 aromatic rings. The van der Waals surface area contributed by atoms with Crippen molar-refractivity contribution in [2.24, 2.45) is 0 Å². The van der Waals surface area contributed by atoms with E-state index in [1.54, 1.807) is 6.33 Å². The predicted molar refractivity (Wildman–Crippen MR) is 117 cm³/mol. The second kappa shape index (κ2) is 9.39. The first-order valence-corrected chi connectivity index (χ1v) is 10.1. The number of hydrogen-bond donors (Lipinski definition) is 2. The molecule has 1 aromatic heterocycles. The molecule has 150 valence electrons. The molecule has 6 nitrogen and oxygen atoms in total. The minimum absolute atomic E-state index is 0.220. The molecule has 0 spiro atoms. The van der Waals surface area contributed by atoms with Gasteiger partial charge in [-0.1, -0.05) is 60.7 Å². The summed E-state index contributed by atoms with van der Waals surface area (Å²) in [5.74, 6) is 1.40. The number of nitrogens with zero attached hydrogens (tertiary/aromatic N) is 3. The van der Waals surface area contributed by atoms with Crippen LogP contribution in [0.2, 0.25) is 0 Å². The van der Waals surface area contributed by atoms with Gasteiger partial charge in [0.15, 0.2) is 11.6 Å². The van der Waals surface area contributed by atoms with Crippen LogP contribution in [-0.2, 0) is 17.8 Å². The van der Waals surface area contributed by atoms with Gasteiger partial charge in [0.1, 0.15) is 12.0 Å². The maximum absolute atomic E-state index is 6.51. The molecule has 3 N–H and O–H groups in total. The van der Waals surface area contributed by atoms with Crippen molar-refractivity contribution in [3.8, 4) is 0 Å². The molecule has 1 aliphatic heterocycles. The number of ether oxygens (including phenoxy) is 1. The Labute approximate surface area is 171 Å². The van der Waals surface area contributed by atoms with Gasteiger partial charge in [0.2, 0.25) is 0 Å². The van der Waals surface area contributed by atoms with Crippen LogP contribution in [0.25, 0.3) is 0 Å². The molecule has 1 unspecified atom stereocenters. The molecule has 2 heterocycles. The molecular formula is C23H27N5O. The van der Waals surface area contributed by atoms with Crippen molar-refractivity contribution in [1.82, 2.24) is 9.97 Å². The molecule has 1 fully saturated rings. The van der Waals surface area contributed by atoms with E-state index in [2.05, 4.69) is 44.5 Å². The normalized spacial score (nSPS) is 15.9. The number of nitrogens with two attached hydrogens (primary N) is 1. The number of anilines is 3. The van der Waals surface area contributed by atoms with E-state index < -0.39 is 0 Å². The van der Waals surface area contributed by atoms with Gasteiger partial charge in [-0.2, -0.15) is 0 Å². The summed E-state index contributed by atoms with van der Waals surface area (Å²) in [6.45, 7) is 2.96. The zero-order chi connectivity index (χ0) is 19.9. The summed E-state index contributed by atoms with van der Waals surface area (Å²) in [6, 6.07) is 20.7. The molecule has 0 aliphatic carbocycles. The van der Waals surface area contributed by atoms with Crippen LogP contribution in [0, 0.1) is 0 Å². The molecule has 4 rings (SSSR count). The van der Waals surface area contributed by atoms with Crippen LogP contribution in [0.3, 0.4) is 0 Å². The van der Waals surface area contributed by atoms with Gasteiger partial charge in [-0.05, 0) is 24.0 Å². The molecular weight excluding hydrogens is 362 g/mol. The Bertz CT molecular complexity index is 856. The molecule has 0 saturated carbocycles. The van der Waals surface area contributed by atoms with Crippen LogP contribution in [0.5, 0.6) is 0 Å². The Morgan fingerprint density at radius 1 is 0.966 bits per heavy atom. The second-order valence-corrected chi connectivity index (χ2v) is 7.30. The van der Waals surface area contributed by atoms with Crippen LogP contribution in [-0.4, -0.2) is 29.2 Å². The van der Waals surface area contributed by atoms with Gasteiger partial charge < -0.3 is 20.7 Å². The van der Waals surface area contributed by atoms with Crippen molar-refractivity contribution in [2.75, 3.05) is 29.1 Å². The SMILES string of the molecule is Nc1c(NCC2CCCO2)ncnc1N(Cc1ccccc1)Cc1ccccc1. The van der Waals surface area contributed by atoms with Gasteiger partial charge in [0.05, 0.1) is 6.10 Å². The van der Waals surface area contributed by atoms with Gasteiger partial charge in [-0.15, -0.1) is 0 Å². The van der Waals surface area contributed by atoms with Crippen molar-refractivity contribution >= 4 is 17.3 Å². The third-order valence-electron chi connectivity index (χ3n) is 5.12. The van der Waals surface area contributed by atoms with E-state index in [-0.39, 0.29) is 6.10 Å². The molecule has 1 aliphatic rings. The molecule has 29 heavy (non-hydrogen) atoms. The van der Waals surface area contributed by atoms with Crippen LogP contribution in [0.1, 0.15) is 24.0 Å². The average Bonchev–Trinajstić information content (AvgIpc) is 3.28. The number of aromatic nitrogens is 2. The molecule has 2 aromatic carbocycles. The van der Waals surface area contributed by atoms with E-state index in [9.17, 15) is 0 Å². The lowest BCUT2D eigenvalue weighted by Crippen LogP contribution is -2.25. The van der Waals surface area contributed by atoms with E-state index in [1.165, 1.54) is 11.1 Å².